The first kappa shape index (κ1) is 13.0. The Bertz CT molecular complexity index is 536. The van der Waals surface area contributed by atoms with Crippen molar-refractivity contribution in [3.8, 4) is 0 Å². The van der Waals surface area contributed by atoms with E-state index in [1.165, 1.54) is 9.80 Å². The number of nitrogens with zero attached hydrogens (tertiary/aromatic N) is 2. The molecule has 4 rings (SSSR count). The van der Waals surface area contributed by atoms with Crippen LogP contribution in [-0.2, 0) is 9.59 Å². The van der Waals surface area contributed by atoms with E-state index in [0.29, 0.717) is 13.1 Å². The second-order valence-corrected chi connectivity index (χ2v) is 6.35. The third-order valence-electron chi connectivity index (χ3n) is 5.40. The second kappa shape index (κ2) is 3.96. The number of piperidine rings is 2. The minimum Gasteiger partial charge on any atom is -0.370 e. The summed E-state index contributed by atoms with van der Waals surface area (Å²) in [5.41, 5.74) is -2.89. The lowest BCUT2D eigenvalue weighted by Gasteiger charge is -2.60. The van der Waals surface area contributed by atoms with Crippen molar-refractivity contribution in [1.29, 1.82) is 0 Å². The van der Waals surface area contributed by atoms with Crippen molar-refractivity contribution in [3.63, 3.8) is 0 Å². The zero-order valence-electron chi connectivity index (χ0n) is 11.6. The highest BCUT2D eigenvalue weighted by Crippen LogP contribution is 2.50. The van der Waals surface area contributed by atoms with Crippen LogP contribution in [0.2, 0.25) is 0 Å². The summed E-state index contributed by atoms with van der Waals surface area (Å²) in [5.74, 6) is -1.82. The lowest BCUT2D eigenvalue weighted by Crippen LogP contribution is -2.76. The van der Waals surface area contributed by atoms with Gasteiger partial charge in [-0.15, -0.1) is 0 Å². The van der Waals surface area contributed by atoms with E-state index in [1.54, 1.807) is 0 Å². The van der Waals surface area contributed by atoms with Crippen molar-refractivity contribution in [1.82, 2.24) is 9.80 Å². The van der Waals surface area contributed by atoms with E-state index >= 15 is 0 Å². The predicted octanol–water partition coefficient (Wildman–Crippen LogP) is -0.410. The summed E-state index contributed by atoms with van der Waals surface area (Å²) in [4.78, 5) is 28.2. The molecule has 21 heavy (non-hydrogen) atoms. The van der Waals surface area contributed by atoms with E-state index in [-0.39, 0.29) is 31.1 Å². The van der Waals surface area contributed by atoms with Crippen LogP contribution in [-0.4, -0.2) is 56.4 Å². The number of hydrogen-bond acceptors (Lipinski definition) is 4. The Morgan fingerprint density at radius 1 is 0.857 bits per heavy atom. The van der Waals surface area contributed by atoms with Gasteiger partial charge >= 0.3 is 0 Å². The van der Waals surface area contributed by atoms with E-state index in [2.05, 4.69) is 0 Å². The molecular formula is C15H18N2O4. The molecule has 6 heteroatoms. The molecule has 2 N–H and O–H groups in total. The monoisotopic (exact) mass is 290 g/mol. The summed E-state index contributed by atoms with van der Waals surface area (Å²) < 4.78 is 0. The van der Waals surface area contributed by atoms with Crippen LogP contribution in [0.4, 0.5) is 0 Å². The lowest BCUT2D eigenvalue weighted by atomic mass is 9.67. The van der Waals surface area contributed by atoms with Gasteiger partial charge in [-0.25, -0.2) is 0 Å². The van der Waals surface area contributed by atoms with Gasteiger partial charge in [0.25, 0.3) is 0 Å². The van der Waals surface area contributed by atoms with Gasteiger partial charge in [-0.05, 0) is 6.42 Å². The van der Waals surface area contributed by atoms with E-state index in [1.807, 2.05) is 24.3 Å². The number of hydrogen-bond donors (Lipinski definition) is 2. The van der Waals surface area contributed by atoms with Crippen LogP contribution in [0.1, 0.15) is 19.3 Å². The fraction of sp³-hybridized carbons (Fsp3) is 0.600. The van der Waals surface area contributed by atoms with E-state index in [9.17, 15) is 19.8 Å². The fourth-order valence-electron chi connectivity index (χ4n) is 4.22. The van der Waals surface area contributed by atoms with E-state index in [0.717, 1.165) is 0 Å². The Morgan fingerprint density at radius 3 is 1.71 bits per heavy atom. The summed E-state index contributed by atoms with van der Waals surface area (Å²) in [5, 5.41) is 21.8. The number of aliphatic hydroxyl groups is 2. The predicted molar refractivity (Wildman–Crippen MR) is 72.4 cm³/mol. The van der Waals surface area contributed by atoms with Gasteiger partial charge in [-0.2, -0.15) is 0 Å². The van der Waals surface area contributed by atoms with Crippen molar-refractivity contribution in [3.05, 3.63) is 24.3 Å². The molecule has 0 aliphatic carbocycles. The molecule has 4 aliphatic heterocycles. The first-order chi connectivity index (χ1) is 9.98. The average Bonchev–Trinajstić information content (AvgIpc) is 2.46. The number of fused-ring (bicyclic) bond motifs is 6. The fourth-order valence-corrected chi connectivity index (χ4v) is 4.22. The van der Waals surface area contributed by atoms with Gasteiger partial charge in [0, 0.05) is 25.9 Å². The Labute approximate surface area is 122 Å². The molecule has 0 radical (unpaired) electrons. The van der Waals surface area contributed by atoms with Crippen LogP contribution < -0.4 is 0 Å². The number of carbonyl (C=O) groups excluding carboxylic acids is 2. The molecule has 2 fully saturated rings. The summed E-state index contributed by atoms with van der Waals surface area (Å²) in [6.07, 6.45) is 8.02. The summed E-state index contributed by atoms with van der Waals surface area (Å²) in [6.45, 7) is 0.586. The minimum absolute atomic E-state index is 0.222. The van der Waals surface area contributed by atoms with Gasteiger partial charge in [0.1, 0.15) is 0 Å². The highest BCUT2D eigenvalue weighted by molar-refractivity contribution is 5.91. The first-order valence-electron chi connectivity index (χ1n) is 7.36. The maximum atomic E-state index is 12.8. The van der Waals surface area contributed by atoms with Crippen molar-refractivity contribution in [2.45, 2.75) is 30.7 Å². The van der Waals surface area contributed by atoms with E-state index in [4.69, 9.17) is 0 Å². The molecule has 6 nitrogen and oxygen atoms in total. The molecule has 4 atom stereocenters. The van der Waals surface area contributed by atoms with Gasteiger partial charge in [-0.3, -0.25) is 9.59 Å². The van der Waals surface area contributed by atoms with Gasteiger partial charge in [0.2, 0.25) is 11.8 Å². The quantitative estimate of drug-likeness (QED) is 0.594. The van der Waals surface area contributed by atoms with Crippen LogP contribution >= 0.6 is 0 Å². The number of rotatable bonds is 0. The zero-order chi connectivity index (χ0) is 14.8. The number of carbonyl (C=O) groups is 2. The third-order valence-corrected chi connectivity index (χ3v) is 5.40. The summed E-state index contributed by atoms with van der Waals surface area (Å²) >= 11 is 0. The molecule has 0 aromatic rings. The van der Waals surface area contributed by atoms with Crippen LogP contribution in [0.25, 0.3) is 0 Å². The Balaban J connectivity index is 1.84. The van der Waals surface area contributed by atoms with Crippen LogP contribution in [0.5, 0.6) is 0 Å². The summed E-state index contributed by atoms with van der Waals surface area (Å²) in [7, 11) is 0. The van der Waals surface area contributed by atoms with Gasteiger partial charge in [0.05, 0.1) is 11.8 Å². The molecule has 2 amide bonds. The highest BCUT2D eigenvalue weighted by atomic mass is 16.3. The molecule has 0 spiro atoms. The Hall–Kier alpha value is -1.66. The largest absolute Gasteiger partial charge is 0.370 e. The minimum atomic E-state index is -1.44. The Kier molecular flexibility index (Phi) is 2.45. The van der Waals surface area contributed by atoms with Crippen molar-refractivity contribution in [2.75, 3.05) is 13.1 Å². The maximum Gasteiger partial charge on any atom is 0.233 e. The van der Waals surface area contributed by atoms with Crippen molar-refractivity contribution >= 4 is 11.8 Å². The smallest absolute Gasteiger partial charge is 0.233 e. The maximum absolute atomic E-state index is 12.8. The van der Waals surface area contributed by atoms with Crippen molar-refractivity contribution in [2.24, 2.45) is 11.8 Å². The molecule has 2 bridgehead atoms. The molecule has 4 aliphatic rings. The molecule has 0 saturated carbocycles. The third kappa shape index (κ3) is 1.44. The lowest BCUT2D eigenvalue weighted by molar-refractivity contribution is -0.249. The standard InChI is InChI=1S/C15H18N2O4/c18-12-10-9-11(15(21)6-2-4-8-17(12)15)13(19)16-7-3-1-5-14(10,16)20/h1-4,10-11,20-21H,5-9H2/t10-,11-,14-,15+/m0/s1. The molecule has 0 aromatic heterocycles. The normalized spacial score (nSPS) is 44.7. The molecule has 0 aromatic carbocycles. The first-order valence-corrected chi connectivity index (χ1v) is 7.36. The molecular weight excluding hydrogens is 272 g/mol. The SMILES string of the molecule is O=C1[C@@H]2C[C@@H](C(=O)N3CC=CC[C@]23O)[C@]2(O)CC=CCN12. The Morgan fingerprint density at radius 2 is 1.29 bits per heavy atom. The molecule has 4 heterocycles. The van der Waals surface area contributed by atoms with Crippen molar-refractivity contribution < 1.29 is 19.8 Å². The van der Waals surface area contributed by atoms with Crippen LogP contribution in [0.15, 0.2) is 24.3 Å². The van der Waals surface area contributed by atoms with Gasteiger partial charge in [0.15, 0.2) is 11.4 Å². The summed E-state index contributed by atoms with van der Waals surface area (Å²) in [6, 6.07) is 0. The highest BCUT2D eigenvalue weighted by Gasteiger charge is 2.65. The van der Waals surface area contributed by atoms with Crippen LogP contribution in [0, 0.1) is 11.8 Å². The molecule has 0 unspecified atom stereocenters. The topological polar surface area (TPSA) is 81.1 Å². The van der Waals surface area contributed by atoms with E-state index < -0.39 is 23.3 Å². The zero-order valence-corrected chi connectivity index (χ0v) is 11.6. The van der Waals surface area contributed by atoms with Crippen LogP contribution in [0.3, 0.4) is 0 Å². The number of amides is 2. The van der Waals surface area contributed by atoms with Gasteiger partial charge < -0.3 is 20.0 Å². The molecule has 2 saturated heterocycles. The van der Waals surface area contributed by atoms with Gasteiger partial charge in [-0.1, -0.05) is 24.3 Å². The molecule has 112 valence electrons. The average molecular weight is 290 g/mol. The second-order valence-electron chi connectivity index (χ2n) is 6.35.